The monoisotopic (exact) mass is 486 g/mol. The number of hydrogen-bond donors (Lipinski definition) is 1. The number of hydrogen-bond acceptors (Lipinski definition) is 5. The number of imidazole rings is 1. The largest absolute Gasteiger partial charge is 0.497 e. The van der Waals surface area contributed by atoms with Crippen LogP contribution in [0.5, 0.6) is 5.75 Å². The van der Waals surface area contributed by atoms with Crippen LogP contribution in [0.15, 0.2) is 67.3 Å². The van der Waals surface area contributed by atoms with E-state index in [0.717, 1.165) is 35.5 Å². The van der Waals surface area contributed by atoms with Gasteiger partial charge in [-0.2, -0.15) is 5.10 Å². The molecule has 1 N–H and O–H groups in total. The molecule has 1 aliphatic heterocycles. The Bertz CT molecular complexity index is 1330. The highest BCUT2D eigenvalue weighted by molar-refractivity contribution is 5.97. The van der Waals surface area contributed by atoms with E-state index in [2.05, 4.69) is 22.3 Å². The Balaban J connectivity index is 1.32. The molecule has 2 atom stereocenters. The minimum Gasteiger partial charge on any atom is -0.497 e. The summed E-state index contributed by atoms with van der Waals surface area (Å²) in [5, 5.41) is 7.37. The Labute approximate surface area is 209 Å². The number of carbonyl (C=O) groups excluding carboxylic acids is 2. The van der Waals surface area contributed by atoms with Crippen LogP contribution in [-0.2, 0) is 16.1 Å². The first kappa shape index (κ1) is 23.6. The predicted octanol–water partition coefficient (Wildman–Crippen LogP) is 3.92. The van der Waals surface area contributed by atoms with Gasteiger partial charge >= 0.3 is 0 Å². The lowest BCUT2D eigenvalue weighted by Gasteiger charge is -2.28. The van der Waals surface area contributed by atoms with Crippen molar-refractivity contribution in [1.82, 2.24) is 24.1 Å². The Hall–Kier alpha value is -4.14. The molecule has 4 heterocycles. The molecule has 186 valence electrons. The number of methoxy groups -OCH3 is 1. The summed E-state index contributed by atoms with van der Waals surface area (Å²) in [5.74, 6) is 0.0640. The average molecular weight is 487 g/mol. The third-order valence-electron chi connectivity index (χ3n) is 6.62. The van der Waals surface area contributed by atoms with E-state index >= 15 is 0 Å². The lowest BCUT2D eigenvalue weighted by atomic mass is 9.92. The number of unbranched alkanes of at least 4 members (excludes halogenated alkanes) is 1. The van der Waals surface area contributed by atoms with E-state index in [9.17, 15) is 9.59 Å². The number of amides is 2. The molecular weight excluding hydrogens is 456 g/mol. The fourth-order valence-corrected chi connectivity index (χ4v) is 4.81. The topological polar surface area (TPSA) is 93.8 Å². The van der Waals surface area contributed by atoms with Gasteiger partial charge in [0.05, 0.1) is 43.2 Å². The Morgan fingerprint density at radius 2 is 2.00 bits per heavy atom. The summed E-state index contributed by atoms with van der Waals surface area (Å²) < 4.78 is 8.99. The number of carbonyl (C=O) groups is 2. The van der Waals surface area contributed by atoms with Gasteiger partial charge < -0.3 is 19.4 Å². The third kappa shape index (κ3) is 4.82. The second-order valence-corrected chi connectivity index (χ2v) is 9.08. The van der Waals surface area contributed by atoms with Crippen LogP contribution in [0.1, 0.15) is 43.5 Å². The van der Waals surface area contributed by atoms with Crippen molar-refractivity contribution in [1.29, 1.82) is 0 Å². The van der Waals surface area contributed by atoms with Crippen molar-refractivity contribution in [2.45, 2.75) is 38.8 Å². The number of benzene rings is 1. The van der Waals surface area contributed by atoms with Crippen LogP contribution in [0.25, 0.3) is 5.65 Å². The summed E-state index contributed by atoms with van der Waals surface area (Å²) >= 11 is 0. The van der Waals surface area contributed by atoms with Crippen molar-refractivity contribution in [3.8, 4) is 5.75 Å². The molecule has 0 aliphatic carbocycles. The first-order valence-corrected chi connectivity index (χ1v) is 12.2. The van der Waals surface area contributed by atoms with Gasteiger partial charge in [0.15, 0.2) is 0 Å². The van der Waals surface area contributed by atoms with Gasteiger partial charge in [-0.15, -0.1) is 0 Å². The number of aromatic nitrogens is 4. The number of nitrogens with zero attached hydrogens (tertiary/aromatic N) is 5. The van der Waals surface area contributed by atoms with E-state index < -0.39 is 5.92 Å². The number of rotatable bonds is 9. The molecule has 36 heavy (non-hydrogen) atoms. The molecule has 1 saturated heterocycles. The zero-order chi connectivity index (χ0) is 25.1. The molecule has 2 unspecified atom stereocenters. The van der Waals surface area contributed by atoms with Crippen molar-refractivity contribution in [2.75, 3.05) is 19.0 Å². The maximum atomic E-state index is 13.4. The summed E-state index contributed by atoms with van der Waals surface area (Å²) in [6.07, 6.45) is 9.37. The zero-order valence-electron chi connectivity index (χ0n) is 20.5. The highest BCUT2D eigenvalue weighted by Crippen LogP contribution is 2.39. The zero-order valence-corrected chi connectivity index (χ0v) is 20.5. The fraction of sp³-hybridized carbons (Fsp3) is 0.333. The molecule has 1 aliphatic rings. The van der Waals surface area contributed by atoms with Crippen LogP contribution in [0.3, 0.4) is 0 Å². The minimum absolute atomic E-state index is 0.00645. The van der Waals surface area contributed by atoms with Crippen LogP contribution < -0.4 is 10.1 Å². The van der Waals surface area contributed by atoms with Crippen LogP contribution in [0.2, 0.25) is 0 Å². The summed E-state index contributed by atoms with van der Waals surface area (Å²) in [6.45, 7) is 3.21. The van der Waals surface area contributed by atoms with E-state index in [4.69, 9.17) is 4.74 Å². The summed E-state index contributed by atoms with van der Waals surface area (Å²) in [6, 6.07) is 13.2. The molecule has 0 spiro atoms. The maximum absolute atomic E-state index is 13.4. The second-order valence-electron chi connectivity index (χ2n) is 9.08. The number of pyridine rings is 1. The van der Waals surface area contributed by atoms with Crippen molar-refractivity contribution >= 4 is 23.1 Å². The SMILES string of the molecule is CCCCN1C(=O)CC(C(=O)Nc2cnn(Cc3cn4ccccc4n3)c2)C1c1ccc(OC)cc1. The van der Waals surface area contributed by atoms with Crippen molar-refractivity contribution in [2.24, 2.45) is 5.92 Å². The Kier molecular flexibility index (Phi) is 6.71. The summed E-state index contributed by atoms with van der Waals surface area (Å²) in [7, 11) is 1.62. The number of likely N-dealkylation sites (tertiary alicyclic amines) is 1. The molecule has 9 nitrogen and oxygen atoms in total. The van der Waals surface area contributed by atoms with E-state index in [1.807, 2.05) is 64.2 Å². The second kappa shape index (κ2) is 10.2. The quantitative estimate of drug-likeness (QED) is 0.387. The molecule has 2 amide bonds. The van der Waals surface area contributed by atoms with Gasteiger partial charge in [-0.3, -0.25) is 14.3 Å². The minimum atomic E-state index is -0.496. The molecule has 4 aromatic rings. The molecule has 0 saturated carbocycles. The standard InChI is InChI=1S/C27H30N6O3/c1-3-4-13-33-25(34)14-23(26(33)19-8-10-22(36-2)11-9-19)27(35)30-20-15-28-32(17-20)18-21-16-31-12-6-5-7-24(31)29-21/h5-12,15-17,23,26H,3-4,13-14,18H2,1-2H3,(H,30,35). The lowest BCUT2D eigenvalue weighted by Crippen LogP contribution is -2.33. The number of ether oxygens (including phenoxy) is 1. The molecule has 1 fully saturated rings. The smallest absolute Gasteiger partial charge is 0.230 e. The lowest BCUT2D eigenvalue weighted by molar-refractivity contribution is -0.129. The Morgan fingerprint density at radius 1 is 1.17 bits per heavy atom. The maximum Gasteiger partial charge on any atom is 0.230 e. The van der Waals surface area contributed by atoms with Gasteiger partial charge in [0.2, 0.25) is 11.8 Å². The summed E-state index contributed by atoms with van der Waals surface area (Å²) in [5.41, 5.74) is 3.27. The van der Waals surface area contributed by atoms with Gasteiger partial charge in [-0.1, -0.05) is 31.5 Å². The van der Waals surface area contributed by atoms with Gasteiger partial charge in [-0.05, 0) is 36.2 Å². The molecule has 0 radical (unpaired) electrons. The third-order valence-corrected chi connectivity index (χ3v) is 6.62. The highest BCUT2D eigenvalue weighted by atomic mass is 16.5. The first-order valence-electron chi connectivity index (χ1n) is 12.2. The number of fused-ring (bicyclic) bond motifs is 1. The molecule has 1 aromatic carbocycles. The fourth-order valence-electron chi connectivity index (χ4n) is 4.81. The van der Waals surface area contributed by atoms with E-state index in [1.165, 1.54) is 0 Å². The van der Waals surface area contributed by atoms with Gasteiger partial charge in [-0.25, -0.2) is 4.98 Å². The first-order chi connectivity index (χ1) is 17.6. The number of nitrogens with one attached hydrogen (secondary N) is 1. The normalized spacial score (nSPS) is 17.6. The van der Waals surface area contributed by atoms with Crippen molar-refractivity contribution in [3.63, 3.8) is 0 Å². The number of anilines is 1. The van der Waals surface area contributed by atoms with E-state index in [-0.39, 0.29) is 24.3 Å². The predicted molar refractivity (Wildman–Crippen MR) is 136 cm³/mol. The van der Waals surface area contributed by atoms with Crippen molar-refractivity contribution in [3.05, 3.63) is 78.5 Å². The molecule has 0 bridgehead atoms. The molecule has 3 aromatic heterocycles. The molecule has 5 rings (SSSR count). The van der Waals surface area contributed by atoms with Gasteiger partial charge in [0.1, 0.15) is 11.4 Å². The van der Waals surface area contributed by atoms with Gasteiger partial charge in [0.25, 0.3) is 0 Å². The van der Waals surface area contributed by atoms with Crippen LogP contribution >= 0.6 is 0 Å². The highest BCUT2D eigenvalue weighted by Gasteiger charge is 2.44. The Morgan fingerprint density at radius 3 is 2.75 bits per heavy atom. The summed E-state index contributed by atoms with van der Waals surface area (Å²) in [4.78, 5) is 32.8. The van der Waals surface area contributed by atoms with Gasteiger partial charge in [0, 0.05) is 31.6 Å². The van der Waals surface area contributed by atoms with Crippen LogP contribution in [0, 0.1) is 5.92 Å². The molecule has 9 heteroatoms. The average Bonchev–Trinajstić information content (AvgIpc) is 3.59. The van der Waals surface area contributed by atoms with E-state index in [0.29, 0.717) is 18.8 Å². The van der Waals surface area contributed by atoms with Crippen LogP contribution in [-0.4, -0.2) is 49.5 Å². The van der Waals surface area contributed by atoms with Crippen LogP contribution in [0.4, 0.5) is 5.69 Å². The van der Waals surface area contributed by atoms with Crippen molar-refractivity contribution < 1.29 is 14.3 Å². The molecular formula is C27H30N6O3. The van der Waals surface area contributed by atoms with E-state index in [1.54, 1.807) is 24.2 Å².